The summed E-state index contributed by atoms with van der Waals surface area (Å²) in [6.45, 7) is -1.50. The highest BCUT2D eigenvalue weighted by Crippen LogP contribution is 2.31. The Balaban J connectivity index is 2.21. The van der Waals surface area contributed by atoms with Crippen LogP contribution in [-0.2, 0) is 4.79 Å². The zero-order valence-corrected chi connectivity index (χ0v) is 12.8. The highest BCUT2D eigenvalue weighted by molar-refractivity contribution is 6.20. The Kier molecular flexibility index (Phi) is 4.30. The van der Waals surface area contributed by atoms with E-state index in [1.165, 1.54) is 36.4 Å². The summed E-state index contributed by atoms with van der Waals surface area (Å²) in [6.07, 6.45) is -6.19. The average molecular weight is 351 g/mol. The SMILES string of the molecule is NC1N=C(c2ccccc2F)c2ccccc2N(CC(F)(F)F)C1=O. The largest absolute Gasteiger partial charge is 0.406 e. The first-order valence-electron chi connectivity index (χ1n) is 7.34. The zero-order chi connectivity index (χ0) is 18.2. The number of para-hydroxylation sites is 1. The number of benzodiazepines with no additional fused rings is 1. The quantitative estimate of drug-likeness (QED) is 0.846. The van der Waals surface area contributed by atoms with Crippen LogP contribution in [0.5, 0.6) is 0 Å². The summed E-state index contributed by atoms with van der Waals surface area (Å²) >= 11 is 0. The van der Waals surface area contributed by atoms with E-state index in [1.54, 1.807) is 12.1 Å². The van der Waals surface area contributed by atoms with E-state index >= 15 is 0 Å². The summed E-state index contributed by atoms with van der Waals surface area (Å²) in [7, 11) is 0. The lowest BCUT2D eigenvalue weighted by molar-refractivity contribution is -0.133. The van der Waals surface area contributed by atoms with Crippen LogP contribution < -0.4 is 10.6 Å². The number of alkyl halides is 3. The fourth-order valence-electron chi connectivity index (χ4n) is 2.66. The van der Waals surface area contributed by atoms with Crippen LogP contribution >= 0.6 is 0 Å². The molecule has 0 aliphatic carbocycles. The molecule has 3 rings (SSSR count). The predicted molar refractivity (Wildman–Crippen MR) is 84.9 cm³/mol. The number of amides is 1. The van der Waals surface area contributed by atoms with Crippen molar-refractivity contribution in [2.45, 2.75) is 12.3 Å². The van der Waals surface area contributed by atoms with Gasteiger partial charge in [0.2, 0.25) is 0 Å². The standard InChI is InChI=1S/C17H13F4N3O/c18-12-7-3-1-5-10(12)14-11-6-2-4-8-13(11)24(9-17(19,20)21)16(25)15(22)23-14/h1-8,15H,9,22H2. The molecular weight excluding hydrogens is 338 g/mol. The van der Waals surface area contributed by atoms with Crippen molar-refractivity contribution in [2.24, 2.45) is 10.7 Å². The summed E-state index contributed by atoms with van der Waals surface area (Å²) in [5.74, 6) is -1.61. The summed E-state index contributed by atoms with van der Waals surface area (Å²) in [5, 5.41) is 0. The van der Waals surface area contributed by atoms with Gasteiger partial charge in [0.15, 0.2) is 6.17 Å². The van der Waals surface area contributed by atoms with E-state index in [4.69, 9.17) is 5.73 Å². The van der Waals surface area contributed by atoms with Crippen LogP contribution in [0.3, 0.4) is 0 Å². The first-order valence-corrected chi connectivity index (χ1v) is 7.34. The molecule has 2 aromatic carbocycles. The molecule has 2 aromatic rings. The fraction of sp³-hybridized carbons (Fsp3) is 0.176. The lowest BCUT2D eigenvalue weighted by Gasteiger charge is -2.25. The molecule has 4 nitrogen and oxygen atoms in total. The van der Waals surface area contributed by atoms with Crippen molar-refractivity contribution in [3.05, 3.63) is 65.5 Å². The Morgan fingerprint density at radius 1 is 1.04 bits per heavy atom. The third-order valence-electron chi connectivity index (χ3n) is 3.70. The molecule has 0 bridgehead atoms. The lowest BCUT2D eigenvalue weighted by atomic mass is 9.99. The minimum absolute atomic E-state index is 0.0141. The number of nitrogens with two attached hydrogens (primary N) is 1. The first kappa shape index (κ1) is 17.1. The second kappa shape index (κ2) is 6.29. The molecule has 8 heteroatoms. The van der Waals surface area contributed by atoms with Crippen LogP contribution in [0, 0.1) is 5.82 Å². The third kappa shape index (κ3) is 3.39. The van der Waals surface area contributed by atoms with E-state index in [-0.39, 0.29) is 22.5 Å². The number of rotatable bonds is 2. The van der Waals surface area contributed by atoms with Gasteiger partial charge in [0.1, 0.15) is 12.4 Å². The van der Waals surface area contributed by atoms with Crippen molar-refractivity contribution in [3.63, 3.8) is 0 Å². The minimum Gasteiger partial charge on any atom is -0.302 e. The molecule has 130 valence electrons. The van der Waals surface area contributed by atoms with Gasteiger partial charge in [-0.2, -0.15) is 13.2 Å². The smallest absolute Gasteiger partial charge is 0.302 e. The molecule has 0 fully saturated rings. The van der Waals surface area contributed by atoms with Crippen molar-refractivity contribution in [1.29, 1.82) is 0 Å². The summed E-state index contributed by atoms with van der Waals surface area (Å²) in [5.41, 5.74) is 5.97. The topological polar surface area (TPSA) is 58.7 Å². The van der Waals surface area contributed by atoms with Crippen molar-refractivity contribution >= 4 is 17.3 Å². The molecule has 1 heterocycles. The van der Waals surface area contributed by atoms with Gasteiger partial charge in [0, 0.05) is 11.1 Å². The number of anilines is 1. The van der Waals surface area contributed by atoms with Crippen LogP contribution in [0.1, 0.15) is 11.1 Å². The molecule has 0 aromatic heterocycles. The van der Waals surface area contributed by atoms with Gasteiger partial charge < -0.3 is 5.73 Å². The number of carbonyl (C=O) groups is 1. The normalized spacial score (nSPS) is 17.8. The highest BCUT2D eigenvalue weighted by atomic mass is 19.4. The Hall–Kier alpha value is -2.74. The van der Waals surface area contributed by atoms with E-state index < -0.39 is 30.6 Å². The summed E-state index contributed by atoms with van der Waals surface area (Å²) in [6, 6.07) is 11.6. The van der Waals surface area contributed by atoms with Gasteiger partial charge in [-0.05, 0) is 18.2 Å². The monoisotopic (exact) mass is 351 g/mol. The molecular formula is C17H13F4N3O. The first-order chi connectivity index (χ1) is 11.8. The zero-order valence-electron chi connectivity index (χ0n) is 12.8. The number of benzene rings is 2. The van der Waals surface area contributed by atoms with E-state index in [2.05, 4.69) is 4.99 Å². The number of hydrogen-bond acceptors (Lipinski definition) is 3. The molecule has 1 atom stereocenters. The van der Waals surface area contributed by atoms with Crippen LogP contribution in [0.4, 0.5) is 23.2 Å². The molecule has 1 aliphatic rings. The molecule has 0 saturated carbocycles. The van der Waals surface area contributed by atoms with Crippen LogP contribution in [0.25, 0.3) is 0 Å². The number of carbonyl (C=O) groups excluding carboxylic acids is 1. The Labute approximate surface area is 140 Å². The molecule has 2 N–H and O–H groups in total. The summed E-state index contributed by atoms with van der Waals surface area (Å²) in [4.78, 5) is 16.9. The fourth-order valence-corrected chi connectivity index (χ4v) is 2.66. The van der Waals surface area contributed by atoms with E-state index in [0.717, 1.165) is 0 Å². The Morgan fingerprint density at radius 3 is 2.28 bits per heavy atom. The van der Waals surface area contributed by atoms with Crippen LogP contribution in [-0.4, -0.2) is 30.5 Å². The van der Waals surface area contributed by atoms with Gasteiger partial charge >= 0.3 is 6.18 Å². The predicted octanol–water partition coefficient (Wildman–Crippen LogP) is 2.86. The van der Waals surface area contributed by atoms with E-state index in [1.807, 2.05) is 0 Å². The van der Waals surface area contributed by atoms with Gasteiger partial charge in [-0.1, -0.05) is 30.3 Å². The maximum Gasteiger partial charge on any atom is 0.406 e. The molecule has 1 aliphatic heterocycles. The van der Waals surface area contributed by atoms with Crippen molar-refractivity contribution in [1.82, 2.24) is 0 Å². The molecule has 1 amide bonds. The Morgan fingerprint density at radius 2 is 1.64 bits per heavy atom. The molecule has 0 saturated heterocycles. The number of fused-ring (bicyclic) bond motifs is 1. The second-order valence-electron chi connectivity index (χ2n) is 5.46. The second-order valence-corrected chi connectivity index (χ2v) is 5.46. The van der Waals surface area contributed by atoms with Gasteiger partial charge in [-0.15, -0.1) is 0 Å². The maximum atomic E-state index is 14.2. The minimum atomic E-state index is -4.62. The van der Waals surface area contributed by atoms with Gasteiger partial charge in [0.05, 0.1) is 11.4 Å². The van der Waals surface area contributed by atoms with Crippen molar-refractivity contribution in [2.75, 3.05) is 11.4 Å². The number of halogens is 4. The highest BCUT2D eigenvalue weighted by Gasteiger charge is 2.38. The third-order valence-corrected chi connectivity index (χ3v) is 3.70. The van der Waals surface area contributed by atoms with Crippen molar-refractivity contribution < 1.29 is 22.4 Å². The lowest BCUT2D eigenvalue weighted by Crippen LogP contribution is -2.46. The molecule has 0 radical (unpaired) electrons. The van der Waals surface area contributed by atoms with E-state index in [0.29, 0.717) is 4.90 Å². The number of nitrogens with zero attached hydrogens (tertiary/aromatic N) is 2. The number of aliphatic imine (C=N–C) groups is 1. The average Bonchev–Trinajstić information content (AvgIpc) is 2.65. The number of hydrogen-bond donors (Lipinski definition) is 1. The van der Waals surface area contributed by atoms with Gasteiger partial charge in [-0.25, -0.2) is 4.39 Å². The van der Waals surface area contributed by atoms with E-state index in [9.17, 15) is 22.4 Å². The van der Waals surface area contributed by atoms with Gasteiger partial charge in [-0.3, -0.25) is 14.7 Å². The van der Waals surface area contributed by atoms with Crippen LogP contribution in [0.2, 0.25) is 0 Å². The molecule has 25 heavy (non-hydrogen) atoms. The van der Waals surface area contributed by atoms with Gasteiger partial charge in [0.25, 0.3) is 5.91 Å². The maximum absolute atomic E-state index is 14.2. The van der Waals surface area contributed by atoms with Crippen LogP contribution in [0.15, 0.2) is 53.5 Å². The Bertz CT molecular complexity index is 848. The molecule has 0 spiro atoms. The van der Waals surface area contributed by atoms with Crippen molar-refractivity contribution in [3.8, 4) is 0 Å². The molecule has 1 unspecified atom stereocenters. The summed E-state index contributed by atoms with van der Waals surface area (Å²) < 4.78 is 53.0.